The Bertz CT molecular complexity index is 335. The SMILES string of the molecule is CCC(C)(C)C(=O)OC1CC(=O)N(C)C1=O. The molecule has 16 heavy (non-hydrogen) atoms. The standard InChI is InChI=1S/C11H17NO4/c1-5-11(2,3)10(15)16-7-6-8(13)12(4)9(7)14/h7H,5-6H2,1-4H3. The van der Waals surface area contributed by atoms with Gasteiger partial charge in [-0.3, -0.25) is 19.3 Å². The fourth-order valence-corrected chi connectivity index (χ4v) is 1.25. The van der Waals surface area contributed by atoms with E-state index >= 15 is 0 Å². The van der Waals surface area contributed by atoms with Crippen LogP contribution in [-0.2, 0) is 19.1 Å². The molecule has 5 heteroatoms. The molecule has 0 aliphatic carbocycles. The Morgan fingerprint density at radius 1 is 1.50 bits per heavy atom. The number of likely N-dealkylation sites (N-methyl/N-ethyl adjacent to an activating group) is 1. The van der Waals surface area contributed by atoms with E-state index in [1.807, 2.05) is 6.92 Å². The molecule has 1 aliphatic rings. The number of carbonyl (C=O) groups is 3. The van der Waals surface area contributed by atoms with E-state index in [-0.39, 0.29) is 12.3 Å². The first-order valence-corrected chi connectivity index (χ1v) is 5.31. The van der Waals surface area contributed by atoms with Crippen LogP contribution in [0.15, 0.2) is 0 Å². The highest BCUT2D eigenvalue weighted by atomic mass is 16.6. The number of carbonyl (C=O) groups excluding carboxylic acids is 3. The number of rotatable bonds is 3. The third-order valence-electron chi connectivity index (χ3n) is 3.03. The fraction of sp³-hybridized carbons (Fsp3) is 0.727. The highest BCUT2D eigenvalue weighted by molar-refractivity contribution is 6.05. The maximum Gasteiger partial charge on any atom is 0.312 e. The molecular formula is C11H17NO4. The largest absolute Gasteiger partial charge is 0.451 e. The summed E-state index contributed by atoms with van der Waals surface area (Å²) in [6.07, 6.45) is -0.354. The smallest absolute Gasteiger partial charge is 0.312 e. The number of amides is 2. The summed E-state index contributed by atoms with van der Waals surface area (Å²) in [6, 6.07) is 0. The molecule has 0 aromatic carbocycles. The van der Waals surface area contributed by atoms with Crippen molar-refractivity contribution in [2.45, 2.75) is 39.7 Å². The lowest BCUT2D eigenvalue weighted by Gasteiger charge is -2.22. The number of likely N-dealkylation sites (tertiary alicyclic amines) is 1. The van der Waals surface area contributed by atoms with Gasteiger partial charge in [0.05, 0.1) is 11.8 Å². The molecule has 1 heterocycles. The van der Waals surface area contributed by atoms with Gasteiger partial charge in [0.15, 0.2) is 6.10 Å². The molecule has 2 amide bonds. The maximum absolute atomic E-state index is 11.7. The first-order chi connectivity index (χ1) is 7.29. The van der Waals surface area contributed by atoms with Crippen LogP contribution in [0.25, 0.3) is 0 Å². The molecule has 5 nitrogen and oxygen atoms in total. The van der Waals surface area contributed by atoms with E-state index in [2.05, 4.69) is 0 Å². The Labute approximate surface area is 94.7 Å². The highest BCUT2D eigenvalue weighted by Crippen LogP contribution is 2.24. The second-order valence-electron chi connectivity index (χ2n) is 4.63. The Morgan fingerprint density at radius 2 is 2.06 bits per heavy atom. The topological polar surface area (TPSA) is 63.7 Å². The summed E-state index contributed by atoms with van der Waals surface area (Å²) < 4.78 is 5.07. The molecule has 0 saturated carbocycles. The number of esters is 1. The summed E-state index contributed by atoms with van der Waals surface area (Å²) in [7, 11) is 1.39. The van der Waals surface area contributed by atoms with Crippen molar-refractivity contribution in [2.24, 2.45) is 5.41 Å². The predicted molar refractivity (Wildman–Crippen MR) is 56.3 cm³/mol. The van der Waals surface area contributed by atoms with Gasteiger partial charge < -0.3 is 4.74 Å². The van der Waals surface area contributed by atoms with Crippen molar-refractivity contribution in [3.63, 3.8) is 0 Å². The van der Waals surface area contributed by atoms with Crippen molar-refractivity contribution >= 4 is 17.8 Å². The van der Waals surface area contributed by atoms with Crippen molar-refractivity contribution in [1.82, 2.24) is 4.90 Å². The van der Waals surface area contributed by atoms with Gasteiger partial charge in [0, 0.05) is 7.05 Å². The Balaban J connectivity index is 2.67. The van der Waals surface area contributed by atoms with Crippen molar-refractivity contribution in [3.05, 3.63) is 0 Å². The number of imide groups is 1. The molecule has 0 radical (unpaired) electrons. The molecule has 0 bridgehead atoms. The molecule has 1 unspecified atom stereocenters. The van der Waals surface area contributed by atoms with E-state index in [9.17, 15) is 14.4 Å². The first-order valence-electron chi connectivity index (χ1n) is 5.31. The van der Waals surface area contributed by atoms with E-state index in [0.29, 0.717) is 6.42 Å². The third-order valence-corrected chi connectivity index (χ3v) is 3.03. The lowest BCUT2D eigenvalue weighted by molar-refractivity contribution is -0.164. The normalized spacial score (nSPS) is 21.5. The van der Waals surface area contributed by atoms with Crippen molar-refractivity contribution < 1.29 is 19.1 Å². The van der Waals surface area contributed by atoms with E-state index in [1.165, 1.54) is 7.05 Å². The van der Waals surface area contributed by atoms with E-state index in [4.69, 9.17) is 4.74 Å². The number of nitrogens with zero attached hydrogens (tertiary/aromatic N) is 1. The Hall–Kier alpha value is -1.39. The van der Waals surface area contributed by atoms with Gasteiger partial charge in [-0.05, 0) is 20.3 Å². The molecule has 0 spiro atoms. The van der Waals surface area contributed by atoms with Gasteiger partial charge in [-0.1, -0.05) is 6.92 Å². The molecule has 1 fully saturated rings. The molecule has 0 aromatic heterocycles. The molecule has 90 valence electrons. The molecule has 1 rings (SSSR count). The van der Waals surface area contributed by atoms with Gasteiger partial charge >= 0.3 is 5.97 Å². The second kappa shape index (κ2) is 4.23. The highest BCUT2D eigenvalue weighted by Gasteiger charge is 2.41. The van der Waals surface area contributed by atoms with Gasteiger partial charge in [0.2, 0.25) is 5.91 Å². The van der Waals surface area contributed by atoms with Crippen LogP contribution in [0.2, 0.25) is 0 Å². The molecular weight excluding hydrogens is 210 g/mol. The van der Waals surface area contributed by atoms with Crippen molar-refractivity contribution in [3.8, 4) is 0 Å². The lowest BCUT2D eigenvalue weighted by atomic mass is 9.90. The molecule has 1 saturated heterocycles. The van der Waals surface area contributed by atoms with Crippen LogP contribution in [-0.4, -0.2) is 35.8 Å². The average Bonchev–Trinajstić information content (AvgIpc) is 2.46. The summed E-state index contributed by atoms with van der Waals surface area (Å²) in [5, 5.41) is 0. The van der Waals surface area contributed by atoms with E-state index in [0.717, 1.165) is 4.90 Å². The number of hydrogen-bond donors (Lipinski definition) is 0. The first kappa shape index (κ1) is 12.7. The number of ether oxygens (including phenoxy) is 1. The van der Waals surface area contributed by atoms with E-state index < -0.39 is 23.4 Å². The van der Waals surface area contributed by atoms with Gasteiger partial charge in [0.25, 0.3) is 5.91 Å². The quantitative estimate of drug-likeness (QED) is 0.526. The van der Waals surface area contributed by atoms with Crippen LogP contribution in [0.5, 0.6) is 0 Å². The van der Waals surface area contributed by atoms with Crippen LogP contribution >= 0.6 is 0 Å². The number of hydrogen-bond acceptors (Lipinski definition) is 4. The fourth-order valence-electron chi connectivity index (χ4n) is 1.25. The minimum absolute atomic E-state index is 0.0408. The maximum atomic E-state index is 11.7. The van der Waals surface area contributed by atoms with Crippen LogP contribution in [0.3, 0.4) is 0 Å². The zero-order chi connectivity index (χ0) is 12.5. The molecule has 1 atom stereocenters. The van der Waals surface area contributed by atoms with Crippen LogP contribution < -0.4 is 0 Å². The van der Waals surface area contributed by atoms with Gasteiger partial charge in [0.1, 0.15) is 0 Å². The Kier molecular flexibility index (Phi) is 3.35. The lowest BCUT2D eigenvalue weighted by Crippen LogP contribution is -2.34. The monoisotopic (exact) mass is 227 g/mol. The average molecular weight is 227 g/mol. The summed E-state index contributed by atoms with van der Waals surface area (Å²) >= 11 is 0. The summed E-state index contributed by atoms with van der Waals surface area (Å²) in [5.74, 6) is -1.18. The van der Waals surface area contributed by atoms with Crippen molar-refractivity contribution in [2.75, 3.05) is 7.05 Å². The van der Waals surface area contributed by atoms with Gasteiger partial charge in [-0.25, -0.2) is 0 Å². The minimum Gasteiger partial charge on any atom is -0.451 e. The van der Waals surface area contributed by atoms with Crippen molar-refractivity contribution in [1.29, 1.82) is 0 Å². The summed E-state index contributed by atoms with van der Waals surface area (Å²) in [6.45, 7) is 5.37. The zero-order valence-electron chi connectivity index (χ0n) is 10.1. The summed E-state index contributed by atoms with van der Waals surface area (Å²) in [4.78, 5) is 35.4. The van der Waals surface area contributed by atoms with Gasteiger partial charge in [-0.15, -0.1) is 0 Å². The van der Waals surface area contributed by atoms with Crippen LogP contribution in [0.4, 0.5) is 0 Å². The predicted octanol–water partition coefficient (Wildman–Crippen LogP) is 0.723. The molecule has 0 aromatic rings. The second-order valence-corrected chi connectivity index (χ2v) is 4.63. The van der Waals surface area contributed by atoms with Crippen LogP contribution in [0.1, 0.15) is 33.6 Å². The Morgan fingerprint density at radius 3 is 2.44 bits per heavy atom. The zero-order valence-corrected chi connectivity index (χ0v) is 10.1. The van der Waals surface area contributed by atoms with E-state index in [1.54, 1.807) is 13.8 Å². The summed E-state index contributed by atoms with van der Waals surface area (Å²) in [5.41, 5.74) is -0.621. The molecule has 1 aliphatic heterocycles. The third kappa shape index (κ3) is 2.23. The van der Waals surface area contributed by atoms with Gasteiger partial charge in [-0.2, -0.15) is 0 Å². The van der Waals surface area contributed by atoms with Crippen LogP contribution in [0, 0.1) is 5.41 Å². The minimum atomic E-state index is -0.934. The molecule has 0 N–H and O–H groups in total.